The number of tetrazole rings is 1. The smallest absolute Gasteiger partial charge is 0.352 e. The van der Waals surface area contributed by atoms with Crippen LogP contribution in [-0.4, -0.2) is 104 Å². The minimum absolute atomic E-state index is 0.0238. The molecule has 3 aliphatic rings. The number of hydrazone groups is 1. The number of amides is 5. The highest BCUT2D eigenvalue weighted by Gasteiger charge is 2.54. The summed E-state index contributed by atoms with van der Waals surface area (Å²) in [7, 11) is 1.66. The van der Waals surface area contributed by atoms with E-state index in [0.717, 1.165) is 0 Å². The van der Waals surface area contributed by atoms with E-state index in [2.05, 4.69) is 31.3 Å². The van der Waals surface area contributed by atoms with Gasteiger partial charge >= 0.3 is 12.0 Å². The van der Waals surface area contributed by atoms with Crippen molar-refractivity contribution in [3.63, 3.8) is 0 Å². The Hall–Kier alpha value is -3.55. The summed E-state index contributed by atoms with van der Waals surface area (Å²) in [4.78, 5) is 65.5. The van der Waals surface area contributed by atoms with Gasteiger partial charge in [0, 0.05) is 18.6 Å². The average Bonchev–Trinajstić information content (AvgIpc) is 3.41. The van der Waals surface area contributed by atoms with E-state index in [1.807, 2.05) is 0 Å². The number of fused-ring (bicyclic) bond motifs is 1. The molecule has 2 aromatic rings. The topological polar surface area (TPSA) is 192 Å². The lowest BCUT2D eigenvalue weighted by Crippen LogP contribution is -2.71. The molecule has 0 spiro atoms. The Labute approximate surface area is 255 Å². The molecule has 0 radical (unpaired) electrons. The fourth-order valence-corrected chi connectivity index (χ4v) is 7.92. The molecular formula is C23H23N9O6S4. The van der Waals surface area contributed by atoms with E-state index in [9.17, 15) is 29.1 Å². The number of imide groups is 1. The second-order valence-corrected chi connectivity index (χ2v) is 12.9. The van der Waals surface area contributed by atoms with E-state index in [1.54, 1.807) is 43.6 Å². The molecule has 19 heteroatoms. The number of thioether (sulfide) groups is 4. The van der Waals surface area contributed by atoms with Crippen LogP contribution in [0.1, 0.15) is 11.6 Å². The zero-order valence-electron chi connectivity index (χ0n) is 22.0. The first-order chi connectivity index (χ1) is 20.2. The summed E-state index contributed by atoms with van der Waals surface area (Å²) in [6, 6.07) is 5.19. The molecule has 5 rings (SSSR count). The molecule has 15 nitrogen and oxygen atoms in total. The SMILES string of the molecule is CSC1=NN(C(=O)NC(C(=O)NC2C(=O)N3C(C(=O)O)=C(CSc4nnnn4C)CS[C@H]23)c2ccccc2)C(=O)CS1. The van der Waals surface area contributed by atoms with Crippen LogP contribution in [0.25, 0.3) is 0 Å². The van der Waals surface area contributed by atoms with Crippen LogP contribution in [0.4, 0.5) is 4.79 Å². The Bertz CT molecular complexity index is 1500. The molecule has 3 aliphatic heterocycles. The molecule has 2 unspecified atom stereocenters. The van der Waals surface area contributed by atoms with Gasteiger partial charge in [0.05, 0.1) is 5.75 Å². The van der Waals surface area contributed by atoms with Crippen molar-refractivity contribution in [2.75, 3.05) is 23.5 Å². The normalized spacial score (nSPS) is 20.9. The third kappa shape index (κ3) is 5.99. The number of carbonyl (C=O) groups is 5. The number of carbonyl (C=O) groups excluding carboxylic acids is 4. The van der Waals surface area contributed by atoms with Crippen LogP contribution >= 0.6 is 47.0 Å². The van der Waals surface area contributed by atoms with Crippen LogP contribution in [0.15, 0.2) is 51.9 Å². The predicted octanol–water partition coefficient (Wildman–Crippen LogP) is 0.701. The molecule has 1 saturated heterocycles. The molecule has 5 amide bonds. The van der Waals surface area contributed by atoms with Crippen LogP contribution in [-0.2, 0) is 26.2 Å². The maximum Gasteiger partial charge on any atom is 0.352 e. The molecule has 42 heavy (non-hydrogen) atoms. The number of carboxylic acid groups (broad SMARTS) is 1. The summed E-state index contributed by atoms with van der Waals surface area (Å²) in [5.41, 5.74) is 0.812. The fourth-order valence-electron chi connectivity index (χ4n) is 4.27. The maximum atomic E-state index is 13.5. The highest BCUT2D eigenvalue weighted by Crippen LogP contribution is 2.41. The number of urea groups is 1. The van der Waals surface area contributed by atoms with Gasteiger partial charge in [0.2, 0.25) is 11.1 Å². The van der Waals surface area contributed by atoms with E-state index in [0.29, 0.717) is 31.4 Å². The number of rotatable bonds is 8. The second kappa shape index (κ2) is 12.8. The summed E-state index contributed by atoms with van der Waals surface area (Å²) in [6.45, 7) is 0. The number of aliphatic carboxylic acids is 1. The molecule has 220 valence electrons. The Morgan fingerprint density at radius 1 is 1.19 bits per heavy atom. The lowest BCUT2D eigenvalue weighted by Gasteiger charge is -2.49. The second-order valence-electron chi connectivity index (χ2n) is 8.88. The van der Waals surface area contributed by atoms with E-state index in [-0.39, 0.29) is 17.2 Å². The van der Waals surface area contributed by atoms with Gasteiger partial charge in [0.1, 0.15) is 23.2 Å². The van der Waals surface area contributed by atoms with E-state index in [1.165, 1.54) is 56.6 Å². The molecular weight excluding hydrogens is 627 g/mol. The molecule has 3 atom stereocenters. The number of aromatic nitrogens is 4. The number of nitrogens with one attached hydrogen (secondary N) is 2. The summed E-state index contributed by atoms with van der Waals surface area (Å²) in [5.74, 6) is -2.49. The molecule has 4 heterocycles. The van der Waals surface area contributed by atoms with Crippen LogP contribution in [0.5, 0.6) is 0 Å². The minimum atomic E-state index is -1.26. The van der Waals surface area contributed by atoms with Gasteiger partial charge in [0.15, 0.2) is 4.38 Å². The third-order valence-electron chi connectivity index (χ3n) is 6.27. The number of hydrogen-bond donors (Lipinski definition) is 3. The van der Waals surface area contributed by atoms with Gasteiger partial charge in [-0.15, -0.1) is 38.7 Å². The van der Waals surface area contributed by atoms with Gasteiger partial charge in [0.25, 0.3) is 11.8 Å². The summed E-state index contributed by atoms with van der Waals surface area (Å²) in [5, 5.41) is 31.0. The van der Waals surface area contributed by atoms with Gasteiger partial charge in [-0.2, -0.15) is 0 Å². The Morgan fingerprint density at radius 2 is 1.95 bits per heavy atom. The van der Waals surface area contributed by atoms with E-state index in [4.69, 9.17) is 0 Å². The first-order valence-corrected chi connectivity index (χ1v) is 16.4. The van der Waals surface area contributed by atoms with Crippen molar-refractivity contribution in [1.29, 1.82) is 0 Å². The van der Waals surface area contributed by atoms with Gasteiger partial charge in [-0.25, -0.2) is 14.3 Å². The quantitative estimate of drug-likeness (QED) is 0.268. The maximum absolute atomic E-state index is 13.5. The first kappa shape index (κ1) is 29.9. The number of aryl methyl sites for hydroxylation is 1. The number of hydrogen-bond acceptors (Lipinski definition) is 13. The van der Waals surface area contributed by atoms with Crippen molar-refractivity contribution < 1.29 is 29.1 Å². The zero-order chi connectivity index (χ0) is 30.0. The molecule has 1 fully saturated rings. The van der Waals surface area contributed by atoms with Crippen molar-refractivity contribution in [3.8, 4) is 0 Å². The molecule has 1 aromatic carbocycles. The van der Waals surface area contributed by atoms with Crippen molar-refractivity contribution in [1.82, 2.24) is 40.7 Å². The van der Waals surface area contributed by atoms with Gasteiger partial charge in [-0.05, 0) is 27.8 Å². The Kier molecular flexibility index (Phi) is 9.09. The zero-order valence-corrected chi connectivity index (χ0v) is 25.3. The van der Waals surface area contributed by atoms with E-state index >= 15 is 0 Å². The average molecular weight is 650 g/mol. The Morgan fingerprint density at radius 3 is 2.62 bits per heavy atom. The molecule has 0 bridgehead atoms. The number of carboxylic acids is 1. The fraction of sp³-hybridized carbons (Fsp3) is 0.348. The first-order valence-electron chi connectivity index (χ1n) is 12.2. The third-order valence-corrected chi connectivity index (χ3v) is 10.7. The van der Waals surface area contributed by atoms with Crippen LogP contribution in [0.2, 0.25) is 0 Å². The largest absolute Gasteiger partial charge is 0.477 e. The highest BCUT2D eigenvalue weighted by atomic mass is 32.2. The predicted molar refractivity (Wildman–Crippen MR) is 157 cm³/mol. The van der Waals surface area contributed by atoms with Crippen molar-refractivity contribution in [2.45, 2.75) is 22.6 Å². The monoisotopic (exact) mass is 649 g/mol. The lowest BCUT2D eigenvalue weighted by atomic mass is 10.0. The minimum Gasteiger partial charge on any atom is -0.477 e. The summed E-state index contributed by atoms with van der Waals surface area (Å²) in [6.07, 6.45) is 1.77. The lowest BCUT2D eigenvalue weighted by molar-refractivity contribution is -0.151. The molecule has 0 saturated carbocycles. The highest BCUT2D eigenvalue weighted by molar-refractivity contribution is 8.38. The summed E-state index contributed by atoms with van der Waals surface area (Å²) < 4.78 is 1.98. The van der Waals surface area contributed by atoms with Crippen LogP contribution < -0.4 is 10.6 Å². The van der Waals surface area contributed by atoms with Crippen molar-refractivity contribution >= 4 is 81.1 Å². The van der Waals surface area contributed by atoms with Crippen molar-refractivity contribution in [3.05, 3.63) is 47.2 Å². The standard InChI is InChI=1S/C23H23N9O6S4/c1-30-22(26-28-29-30)41-9-12-8-40-19-15(18(35)31(19)16(12)20(36)37)24-17(34)14(11-6-4-3-5-7-11)25-21(38)32-13(33)10-42-23(27-32)39-2/h3-7,14-15,19H,8-10H2,1-2H3,(H,24,34)(H,25,38)(H,36,37)/t14?,15?,19-/m1/s1. The van der Waals surface area contributed by atoms with Crippen molar-refractivity contribution in [2.24, 2.45) is 12.1 Å². The van der Waals surface area contributed by atoms with Gasteiger partial charge < -0.3 is 15.7 Å². The van der Waals surface area contributed by atoms with Gasteiger partial charge in [-0.3, -0.25) is 19.3 Å². The van der Waals surface area contributed by atoms with Crippen LogP contribution in [0.3, 0.4) is 0 Å². The van der Waals surface area contributed by atoms with E-state index < -0.39 is 47.2 Å². The Balaban J connectivity index is 1.32. The van der Waals surface area contributed by atoms with Gasteiger partial charge in [-0.1, -0.05) is 53.9 Å². The molecule has 3 N–H and O–H groups in total. The number of benzene rings is 1. The molecule has 1 aromatic heterocycles. The molecule has 0 aliphatic carbocycles. The number of nitrogens with zero attached hydrogens (tertiary/aromatic N) is 7. The van der Waals surface area contributed by atoms with Crippen LogP contribution in [0, 0.1) is 0 Å². The summed E-state index contributed by atoms with van der Waals surface area (Å²) >= 11 is 5.06. The number of β-lactam (4-membered cyclic amide) rings is 1.